The van der Waals surface area contributed by atoms with Crippen LogP contribution >= 0.6 is 0 Å². The predicted molar refractivity (Wildman–Crippen MR) is 142 cm³/mol. The van der Waals surface area contributed by atoms with Gasteiger partial charge in [-0.25, -0.2) is 13.4 Å². The van der Waals surface area contributed by atoms with Crippen LogP contribution in [-0.2, 0) is 23.6 Å². The van der Waals surface area contributed by atoms with Crippen molar-refractivity contribution < 1.29 is 8.42 Å². The van der Waals surface area contributed by atoms with Gasteiger partial charge in [-0.1, -0.05) is 30.3 Å². The SMILES string of the molecule is Cc1nn(C)c(C)c1NS(=O)(=O)c1ccc(N2CCC(N3CCN(Cc4ccccc4)CC3)C2)nc1. The molecular formula is C26H35N7O2S. The van der Waals surface area contributed by atoms with Gasteiger partial charge in [0.05, 0.1) is 17.1 Å². The Kier molecular flexibility index (Phi) is 7.00. The topological polar surface area (TPSA) is 86.6 Å². The number of rotatable bonds is 7. The van der Waals surface area contributed by atoms with Gasteiger partial charge in [-0.05, 0) is 38.0 Å². The average molecular weight is 510 g/mol. The number of benzene rings is 1. The average Bonchev–Trinajstić information content (AvgIpc) is 3.46. The van der Waals surface area contributed by atoms with Crippen LogP contribution in [0.15, 0.2) is 53.6 Å². The smallest absolute Gasteiger partial charge is 0.263 e. The third-order valence-electron chi connectivity index (χ3n) is 7.44. The summed E-state index contributed by atoms with van der Waals surface area (Å²) in [7, 11) is -1.94. The Bertz CT molecular complexity index is 1280. The van der Waals surface area contributed by atoms with Crippen molar-refractivity contribution in [2.24, 2.45) is 7.05 Å². The van der Waals surface area contributed by atoms with E-state index < -0.39 is 10.0 Å². The van der Waals surface area contributed by atoms with E-state index in [4.69, 9.17) is 0 Å². The Morgan fingerprint density at radius 1 is 1.00 bits per heavy atom. The van der Waals surface area contributed by atoms with E-state index in [0.717, 1.165) is 63.7 Å². The molecule has 5 rings (SSSR count). The second-order valence-corrected chi connectivity index (χ2v) is 11.5. The molecule has 36 heavy (non-hydrogen) atoms. The molecule has 1 atom stereocenters. The third-order valence-corrected chi connectivity index (χ3v) is 8.77. The van der Waals surface area contributed by atoms with Crippen LogP contribution in [0.5, 0.6) is 0 Å². The van der Waals surface area contributed by atoms with Crippen molar-refractivity contribution in [2.45, 2.75) is 37.8 Å². The molecule has 10 heteroatoms. The first-order valence-electron chi connectivity index (χ1n) is 12.5. The summed E-state index contributed by atoms with van der Waals surface area (Å²) < 4.78 is 30.2. The van der Waals surface area contributed by atoms with Crippen LogP contribution in [0.3, 0.4) is 0 Å². The molecule has 0 radical (unpaired) electrons. The number of nitrogens with one attached hydrogen (secondary N) is 1. The highest BCUT2D eigenvalue weighted by Gasteiger charge is 2.31. The van der Waals surface area contributed by atoms with Crippen LogP contribution in [0.2, 0.25) is 0 Å². The van der Waals surface area contributed by atoms with Crippen LogP contribution in [0, 0.1) is 13.8 Å². The lowest BCUT2D eigenvalue weighted by atomic mass is 10.1. The number of sulfonamides is 1. The number of hydrogen-bond donors (Lipinski definition) is 1. The Morgan fingerprint density at radius 3 is 2.39 bits per heavy atom. The van der Waals surface area contributed by atoms with Gasteiger partial charge in [-0.15, -0.1) is 0 Å². The number of piperazine rings is 1. The molecule has 9 nitrogen and oxygen atoms in total. The Hall–Kier alpha value is -2.95. The zero-order valence-electron chi connectivity index (χ0n) is 21.3. The fraction of sp³-hybridized carbons (Fsp3) is 0.462. The van der Waals surface area contributed by atoms with E-state index in [9.17, 15) is 8.42 Å². The van der Waals surface area contributed by atoms with Gasteiger partial charge in [0.1, 0.15) is 10.7 Å². The van der Waals surface area contributed by atoms with E-state index >= 15 is 0 Å². The summed E-state index contributed by atoms with van der Waals surface area (Å²) in [6, 6.07) is 14.6. The molecule has 0 bridgehead atoms. The maximum absolute atomic E-state index is 12.9. The van der Waals surface area contributed by atoms with E-state index in [0.29, 0.717) is 17.4 Å². The highest BCUT2D eigenvalue weighted by molar-refractivity contribution is 7.92. The van der Waals surface area contributed by atoms with Crippen LogP contribution in [-0.4, -0.2) is 78.3 Å². The van der Waals surface area contributed by atoms with Crippen molar-refractivity contribution in [3.63, 3.8) is 0 Å². The maximum Gasteiger partial charge on any atom is 0.263 e. The molecule has 3 aromatic rings. The Balaban J connectivity index is 1.16. The molecule has 0 saturated carbocycles. The van der Waals surface area contributed by atoms with E-state index in [1.54, 1.807) is 24.7 Å². The summed E-state index contributed by atoms with van der Waals surface area (Å²) in [5.74, 6) is 0.827. The molecule has 0 aliphatic carbocycles. The molecule has 1 aromatic carbocycles. The molecule has 1 unspecified atom stereocenters. The summed E-state index contributed by atoms with van der Waals surface area (Å²) in [4.78, 5) is 12.1. The zero-order chi connectivity index (χ0) is 25.3. The van der Waals surface area contributed by atoms with Gasteiger partial charge in [-0.3, -0.25) is 19.2 Å². The van der Waals surface area contributed by atoms with Crippen molar-refractivity contribution in [1.82, 2.24) is 24.6 Å². The standard InChI is InChI=1S/C26H35N7O2S/c1-20-26(21(2)30(3)28-20)29-36(34,35)24-9-10-25(27-17-24)33-12-11-23(19-33)32-15-13-31(14-16-32)18-22-7-5-4-6-8-22/h4-10,17,23,29H,11-16,18-19H2,1-3H3. The first kappa shape index (κ1) is 24.7. The van der Waals surface area contributed by atoms with Gasteiger partial charge in [0.25, 0.3) is 10.0 Å². The molecule has 4 heterocycles. The molecule has 2 aromatic heterocycles. The molecular weight excluding hydrogens is 474 g/mol. The lowest BCUT2D eigenvalue weighted by Crippen LogP contribution is -2.50. The molecule has 2 saturated heterocycles. The molecule has 0 spiro atoms. The first-order valence-corrected chi connectivity index (χ1v) is 14.0. The van der Waals surface area contributed by atoms with E-state index in [1.807, 2.05) is 13.0 Å². The first-order chi connectivity index (χ1) is 17.3. The number of aromatic nitrogens is 3. The van der Waals surface area contributed by atoms with Crippen molar-refractivity contribution in [3.8, 4) is 0 Å². The normalized spacial score (nSPS) is 19.6. The second kappa shape index (κ2) is 10.2. The van der Waals surface area contributed by atoms with Gasteiger partial charge in [0.2, 0.25) is 0 Å². The summed E-state index contributed by atoms with van der Waals surface area (Å²) >= 11 is 0. The largest absolute Gasteiger partial charge is 0.355 e. The Morgan fingerprint density at radius 2 is 1.75 bits per heavy atom. The number of hydrogen-bond acceptors (Lipinski definition) is 7. The van der Waals surface area contributed by atoms with E-state index in [2.05, 4.69) is 59.8 Å². The van der Waals surface area contributed by atoms with Crippen LogP contribution < -0.4 is 9.62 Å². The fourth-order valence-electron chi connectivity index (χ4n) is 5.21. The summed E-state index contributed by atoms with van der Waals surface area (Å²) in [6.07, 6.45) is 2.55. The minimum atomic E-state index is -3.74. The molecule has 0 amide bonds. The predicted octanol–water partition coefficient (Wildman–Crippen LogP) is 2.63. The van der Waals surface area contributed by atoms with Crippen molar-refractivity contribution in [2.75, 3.05) is 48.9 Å². The van der Waals surface area contributed by atoms with Crippen LogP contribution in [0.4, 0.5) is 11.5 Å². The third kappa shape index (κ3) is 5.25. The highest BCUT2D eigenvalue weighted by Crippen LogP contribution is 2.26. The zero-order valence-corrected chi connectivity index (χ0v) is 22.1. The van der Waals surface area contributed by atoms with Crippen molar-refractivity contribution >= 4 is 21.5 Å². The van der Waals surface area contributed by atoms with E-state index in [1.165, 1.54) is 11.8 Å². The Labute approximate surface area is 213 Å². The quantitative estimate of drug-likeness (QED) is 0.524. The summed E-state index contributed by atoms with van der Waals surface area (Å²) in [5, 5.41) is 4.28. The molecule has 192 valence electrons. The van der Waals surface area contributed by atoms with Crippen LogP contribution in [0.25, 0.3) is 0 Å². The lowest BCUT2D eigenvalue weighted by Gasteiger charge is -2.38. The minimum absolute atomic E-state index is 0.152. The maximum atomic E-state index is 12.9. The van der Waals surface area contributed by atoms with Gasteiger partial charge in [0.15, 0.2) is 0 Å². The molecule has 2 fully saturated rings. The fourth-order valence-corrected chi connectivity index (χ4v) is 6.33. The molecule has 1 N–H and O–H groups in total. The number of anilines is 2. The van der Waals surface area contributed by atoms with Gasteiger partial charge >= 0.3 is 0 Å². The summed E-state index contributed by atoms with van der Waals surface area (Å²) in [6.45, 7) is 10.8. The van der Waals surface area contributed by atoms with E-state index in [-0.39, 0.29) is 4.90 Å². The van der Waals surface area contributed by atoms with Crippen LogP contribution in [0.1, 0.15) is 23.4 Å². The van der Waals surface area contributed by atoms with Crippen molar-refractivity contribution in [3.05, 3.63) is 65.6 Å². The number of nitrogens with zero attached hydrogens (tertiary/aromatic N) is 6. The summed E-state index contributed by atoms with van der Waals surface area (Å²) in [5.41, 5.74) is 3.31. The van der Waals surface area contributed by atoms with Gasteiger partial charge in [-0.2, -0.15) is 5.10 Å². The van der Waals surface area contributed by atoms with Gasteiger partial charge < -0.3 is 4.90 Å². The monoisotopic (exact) mass is 509 g/mol. The molecule has 2 aliphatic heterocycles. The minimum Gasteiger partial charge on any atom is -0.355 e. The number of aryl methyl sites for hydroxylation is 2. The lowest BCUT2D eigenvalue weighted by molar-refractivity contribution is 0.0987. The number of pyridine rings is 1. The molecule has 2 aliphatic rings. The highest BCUT2D eigenvalue weighted by atomic mass is 32.2. The van der Waals surface area contributed by atoms with Gasteiger partial charge in [0, 0.05) is 65.1 Å². The van der Waals surface area contributed by atoms with Crippen molar-refractivity contribution in [1.29, 1.82) is 0 Å². The second-order valence-electron chi connectivity index (χ2n) is 9.81.